The third kappa shape index (κ3) is 3.52. The molecule has 5 nitrogen and oxygen atoms in total. The fraction of sp³-hybridized carbons (Fsp3) is 0.231. The van der Waals surface area contributed by atoms with Gasteiger partial charge in [0.1, 0.15) is 12.4 Å². The molecule has 0 spiro atoms. The summed E-state index contributed by atoms with van der Waals surface area (Å²) >= 11 is 1.37. The van der Waals surface area contributed by atoms with Crippen molar-refractivity contribution in [1.29, 1.82) is 0 Å². The first-order valence-corrected chi connectivity index (χ1v) is 6.49. The summed E-state index contributed by atoms with van der Waals surface area (Å²) in [6.07, 6.45) is 0. The normalized spacial score (nSPS) is 10.2. The maximum absolute atomic E-state index is 11.4. The van der Waals surface area contributed by atoms with Gasteiger partial charge < -0.3 is 9.47 Å². The fourth-order valence-corrected chi connectivity index (χ4v) is 2.27. The number of carbonyl (C=O) groups excluding carboxylic acids is 1. The minimum atomic E-state index is -0.214. The second kappa shape index (κ2) is 6.31. The lowest BCUT2D eigenvalue weighted by Gasteiger charge is -2.02. The number of thiazole rings is 1. The van der Waals surface area contributed by atoms with Crippen molar-refractivity contribution in [2.75, 3.05) is 26.1 Å². The first-order chi connectivity index (χ1) is 9.22. The van der Waals surface area contributed by atoms with Gasteiger partial charge in [-0.15, -0.1) is 11.3 Å². The zero-order chi connectivity index (χ0) is 13.7. The molecule has 2 aromatic rings. The first-order valence-electron chi connectivity index (χ1n) is 5.61. The molecule has 0 radical (unpaired) electrons. The third-order valence-electron chi connectivity index (χ3n) is 2.39. The summed E-state index contributed by atoms with van der Waals surface area (Å²) in [5.41, 5.74) is 1.75. The molecule has 0 aliphatic heterocycles. The molecule has 0 unspecified atom stereocenters. The van der Waals surface area contributed by atoms with Crippen LogP contribution in [0.1, 0.15) is 0 Å². The van der Waals surface area contributed by atoms with Crippen molar-refractivity contribution in [2.24, 2.45) is 0 Å². The number of anilines is 1. The number of amides is 1. The van der Waals surface area contributed by atoms with Crippen molar-refractivity contribution in [3.63, 3.8) is 0 Å². The third-order valence-corrected chi connectivity index (χ3v) is 3.15. The second-order valence-corrected chi connectivity index (χ2v) is 4.61. The Kier molecular flexibility index (Phi) is 4.48. The average molecular weight is 278 g/mol. The minimum Gasteiger partial charge on any atom is -0.497 e. The SMILES string of the molecule is COCC(=O)Nc1nc(-c2cccc(OC)c2)cs1. The zero-order valence-electron chi connectivity index (χ0n) is 10.7. The molecule has 0 aliphatic carbocycles. The van der Waals surface area contributed by atoms with Crippen LogP contribution < -0.4 is 10.1 Å². The van der Waals surface area contributed by atoms with Gasteiger partial charge >= 0.3 is 0 Å². The van der Waals surface area contributed by atoms with Crippen molar-refractivity contribution in [3.05, 3.63) is 29.6 Å². The van der Waals surface area contributed by atoms with Crippen molar-refractivity contribution in [3.8, 4) is 17.0 Å². The Labute approximate surface area is 115 Å². The molecule has 1 N–H and O–H groups in total. The van der Waals surface area contributed by atoms with Crippen LogP contribution in [0.25, 0.3) is 11.3 Å². The molecule has 100 valence electrons. The summed E-state index contributed by atoms with van der Waals surface area (Å²) in [4.78, 5) is 15.7. The monoisotopic (exact) mass is 278 g/mol. The van der Waals surface area contributed by atoms with Gasteiger partial charge in [-0.1, -0.05) is 12.1 Å². The Bertz CT molecular complexity index is 569. The van der Waals surface area contributed by atoms with E-state index >= 15 is 0 Å². The number of hydrogen-bond acceptors (Lipinski definition) is 5. The number of hydrogen-bond donors (Lipinski definition) is 1. The van der Waals surface area contributed by atoms with E-state index in [9.17, 15) is 4.79 Å². The molecule has 1 aromatic heterocycles. The van der Waals surface area contributed by atoms with E-state index < -0.39 is 0 Å². The quantitative estimate of drug-likeness (QED) is 0.912. The number of carbonyl (C=O) groups is 1. The van der Waals surface area contributed by atoms with Crippen LogP contribution in [0.3, 0.4) is 0 Å². The van der Waals surface area contributed by atoms with E-state index in [1.807, 2.05) is 29.6 Å². The largest absolute Gasteiger partial charge is 0.497 e. The Morgan fingerprint density at radius 1 is 1.42 bits per heavy atom. The lowest BCUT2D eigenvalue weighted by molar-refractivity contribution is -0.119. The number of nitrogens with zero attached hydrogens (tertiary/aromatic N) is 1. The Morgan fingerprint density at radius 3 is 3.00 bits per heavy atom. The van der Waals surface area contributed by atoms with Gasteiger partial charge in [0.05, 0.1) is 12.8 Å². The van der Waals surface area contributed by atoms with Crippen LogP contribution in [0, 0.1) is 0 Å². The molecule has 0 bridgehead atoms. The maximum atomic E-state index is 11.4. The van der Waals surface area contributed by atoms with Gasteiger partial charge in [-0.3, -0.25) is 10.1 Å². The highest BCUT2D eigenvalue weighted by Gasteiger charge is 2.08. The molecule has 2 rings (SSSR count). The summed E-state index contributed by atoms with van der Waals surface area (Å²) in [7, 11) is 3.10. The van der Waals surface area contributed by atoms with E-state index in [2.05, 4.69) is 10.3 Å². The molecule has 1 heterocycles. The molecule has 1 amide bonds. The van der Waals surface area contributed by atoms with E-state index in [4.69, 9.17) is 9.47 Å². The molecule has 19 heavy (non-hydrogen) atoms. The average Bonchev–Trinajstić information content (AvgIpc) is 2.87. The smallest absolute Gasteiger partial charge is 0.252 e. The van der Waals surface area contributed by atoms with Crippen molar-refractivity contribution < 1.29 is 14.3 Å². The Morgan fingerprint density at radius 2 is 2.26 bits per heavy atom. The van der Waals surface area contributed by atoms with Gasteiger partial charge in [-0.2, -0.15) is 0 Å². The minimum absolute atomic E-state index is 0.0219. The highest BCUT2D eigenvalue weighted by molar-refractivity contribution is 7.14. The summed E-state index contributed by atoms with van der Waals surface area (Å²) in [6, 6.07) is 7.61. The second-order valence-electron chi connectivity index (χ2n) is 3.75. The summed E-state index contributed by atoms with van der Waals surface area (Å²) in [5, 5.41) is 5.12. The van der Waals surface area contributed by atoms with Crippen molar-refractivity contribution >= 4 is 22.4 Å². The summed E-state index contributed by atoms with van der Waals surface area (Å²) in [6.45, 7) is 0.0219. The highest BCUT2D eigenvalue weighted by atomic mass is 32.1. The van der Waals surface area contributed by atoms with Gasteiger partial charge in [0.2, 0.25) is 0 Å². The molecular weight excluding hydrogens is 264 g/mol. The van der Waals surface area contributed by atoms with Gasteiger partial charge in [0.15, 0.2) is 5.13 Å². The molecule has 6 heteroatoms. The lowest BCUT2D eigenvalue weighted by atomic mass is 10.2. The first kappa shape index (κ1) is 13.5. The molecule has 1 aromatic carbocycles. The molecule has 0 fully saturated rings. The van der Waals surface area contributed by atoms with Crippen LogP contribution in [0.15, 0.2) is 29.6 Å². The van der Waals surface area contributed by atoms with Gasteiger partial charge in [-0.25, -0.2) is 4.98 Å². The van der Waals surface area contributed by atoms with Gasteiger partial charge in [0.25, 0.3) is 5.91 Å². The number of benzene rings is 1. The number of aromatic nitrogens is 1. The molecule has 0 saturated heterocycles. The van der Waals surface area contributed by atoms with Crippen molar-refractivity contribution in [1.82, 2.24) is 4.98 Å². The Hall–Kier alpha value is -1.92. The number of ether oxygens (including phenoxy) is 2. The predicted molar refractivity (Wildman–Crippen MR) is 74.6 cm³/mol. The number of rotatable bonds is 5. The van der Waals surface area contributed by atoms with Crippen LogP contribution in [0.5, 0.6) is 5.75 Å². The van der Waals surface area contributed by atoms with E-state index in [0.29, 0.717) is 5.13 Å². The maximum Gasteiger partial charge on any atom is 0.252 e. The van der Waals surface area contributed by atoms with E-state index in [-0.39, 0.29) is 12.5 Å². The standard InChI is InChI=1S/C13H14N2O3S/c1-17-7-12(16)15-13-14-11(8-19-13)9-4-3-5-10(6-9)18-2/h3-6,8H,7H2,1-2H3,(H,14,15,16). The highest BCUT2D eigenvalue weighted by Crippen LogP contribution is 2.27. The van der Waals surface area contributed by atoms with Crippen LogP contribution >= 0.6 is 11.3 Å². The molecule has 0 atom stereocenters. The van der Waals surface area contributed by atoms with E-state index in [1.165, 1.54) is 18.4 Å². The van der Waals surface area contributed by atoms with Gasteiger partial charge in [0, 0.05) is 18.1 Å². The van der Waals surface area contributed by atoms with Gasteiger partial charge in [-0.05, 0) is 12.1 Å². The Balaban J connectivity index is 2.13. The fourth-order valence-electron chi connectivity index (χ4n) is 1.53. The van der Waals surface area contributed by atoms with E-state index in [1.54, 1.807) is 7.11 Å². The summed E-state index contributed by atoms with van der Waals surface area (Å²) < 4.78 is 9.91. The number of methoxy groups -OCH3 is 2. The molecule has 0 aliphatic rings. The zero-order valence-corrected chi connectivity index (χ0v) is 11.5. The van der Waals surface area contributed by atoms with E-state index in [0.717, 1.165) is 17.0 Å². The van der Waals surface area contributed by atoms with Crippen LogP contribution in [-0.2, 0) is 9.53 Å². The van der Waals surface area contributed by atoms with Crippen molar-refractivity contribution in [2.45, 2.75) is 0 Å². The molecular formula is C13H14N2O3S. The van der Waals surface area contributed by atoms with Crippen LogP contribution in [0.2, 0.25) is 0 Å². The predicted octanol–water partition coefficient (Wildman–Crippen LogP) is 2.40. The lowest BCUT2D eigenvalue weighted by Crippen LogP contribution is -2.16. The number of nitrogens with one attached hydrogen (secondary N) is 1. The van der Waals surface area contributed by atoms with Crippen LogP contribution in [0.4, 0.5) is 5.13 Å². The topological polar surface area (TPSA) is 60.5 Å². The molecule has 0 saturated carbocycles. The summed E-state index contributed by atoms with van der Waals surface area (Å²) in [5.74, 6) is 0.560. The van der Waals surface area contributed by atoms with Crippen LogP contribution in [-0.4, -0.2) is 31.7 Å².